The summed E-state index contributed by atoms with van der Waals surface area (Å²) in [6.45, 7) is 14.8. The fourth-order valence-electron chi connectivity index (χ4n) is 4.14. The normalized spacial score (nSPS) is 19.9. The average Bonchev–Trinajstić information content (AvgIpc) is 2.84. The monoisotopic (exact) mass is 616 g/mol. The molecule has 2 N–H and O–H groups in total. The van der Waals surface area contributed by atoms with Crippen LogP contribution in [-0.4, -0.2) is 106 Å². The van der Waals surface area contributed by atoms with Crippen LogP contribution < -0.4 is 5.73 Å². The van der Waals surface area contributed by atoms with Crippen molar-refractivity contribution in [1.29, 1.82) is 0 Å². The number of piperidine rings is 2. The molecule has 2 aliphatic rings. The summed E-state index contributed by atoms with van der Waals surface area (Å²) in [7, 11) is -3.62. The smallest absolute Gasteiger partial charge is 0.281 e. The third-order valence-corrected chi connectivity index (χ3v) is 11.2. The van der Waals surface area contributed by atoms with Gasteiger partial charge >= 0.3 is 0 Å². The molecule has 14 heteroatoms. The first-order chi connectivity index (χ1) is 17.3. The van der Waals surface area contributed by atoms with Crippen molar-refractivity contribution in [2.75, 3.05) is 53.4 Å². The van der Waals surface area contributed by atoms with E-state index in [0.717, 1.165) is 38.5 Å². The molecular formula is C25H53ClN6O5S2. The minimum Gasteiger partial charge on any atom is -0.326 e. The van der Waals surface area contributed by atoms with E-state index < -0.39 is 26.5 Å². The van der Waals surface area contributed by atoms with Gasteiger partial charge in [-0.2, -0.15) is 34.1 Å². The molecule has 232 valence electrons. The van der Waals surface area contributed by atoms with Crippen LogP contribution in [-0.2, 0) is 25.2 Å². The first kappa shape index (κ1) is 38.4. The minimum absolute atomic E-state index is 0. The van der Waals surface area contributed by atoms with Gasteiger partial charge in [0.25, 0.3) is 20.4 Å². The Morgan fingerprint density at radius 1 is 0.744 bits per heavy atom. The highest BCUT2D eigenvalue weighted by Gasteiger charge is 2.34. The number of hydrogen-bond acceptors (Lipinski definition) is 7. The average molecular weight is 617 g/mol. The van der Waals surface area contributed by atoms with Crippen molar-refractivity contribution >= 4 is 38.9 Å². The topological polar surface area (TPSA) is 137 Å². The van der Waals surface area contributed by atoms with E-state index >= 15 is 0 Å². The van der Waals surface area contributed by atoms with Crippen molar-refractivity contribution in [1.82, 2.24) is 17.2 Å². The second-order valence-corrected chi connectivity index (χ2v) is 16.6. The van der Waals surface area contributed by atoms with Gasteiger partial charge in [0.15, 0.2) is 0 Å². The molecule has 0 aliphatic carbocycles. The highest BCUT2D eigenvalue weighted by molar-refractivity contribution is 7.87. The van der Waals surface area contributed by atoms with Gasteiger partial charge in [0.05, 0.1) is 6.04 Å². The van der Waals surface area contributed by atoms with Crippen LogP contribution in [0.1, 0.15) is 80.1 Å². The summed E-state index contributed by atoms with van der Waals surface area (Å²) in [5.74, 6) is 0. The largest absolute Gasteiger partial charge is 0.326 e. The highest BCUT2D eigenvalue weighted by Crippen LogP contribution is 2.25. The van der Waals surface area contributed by atoms with Crippen molar-refractivity contribution in [3.05, 3.63) is 0 Å². The predicted molar refractivity (Wildman–Crippen MR) is 160 cm³/mol. The summed E-state index contributed by atoms with van der Waals surface area (Å²) in [5.41, 5.74) is 5.67. The number of isocyanates is 1. The Kier molecular flexibility index (Phi) is 15.9. The number of halogens is 1. The van der Waals surface area contributed by atoms with E-state index in [-0.39, 0.29) is 35.8 Å². The third kappa shape index (κ3) is 12.0. The zero-order valence-corrected chi connectivity index (χ0v) is 27.7. The molecule has 0 aromatic rings. The number of nitrogens with two attached hydrogens (primary N) is 1. The molecule has 2 atom stereocenters. The maximum atomic E-state index is 12.5. The van der Waals surface area contributed by atoms with E-state index in [2.05, 4.69) is 4.99 Å². The first-order valence-electron chi connectivity index (χ1n) is 13.6. The summed E-state index contributed by atoms with van der Waals surface area (Å²) in [6, 6.07) is -0.563. The maximum Gasteiger partial charge on any atom is 0.281 e. The molecule has 0 aromatic heterocycles. The number of carbonyl (C=O) groups excluding carboxylic acids is 1. The Morgan fingerprint density at radius 2 is 1.10 bits per heavy atom. The molecule has 0 radical (unpaired) electrons. The Hall–Kier alpha value is -0.630. The molecule has 0 aromatic carbocycles. The summed E-state index contributed by atoms with van der Waals surface area (Å²) < 4.78 is 55.4. The molecule has 11 nitrogen and oxygen atoms in total. The van der Waals surface area contributed by atoms with Gasteiger partial charge in [-0.25, -0.2) is 9.79 Å². The molecule has 0 unspecified atom stereocenters. The SMILES string of the molecule is CN(C[C@@H](N)C(C)(C)C)S(=O)(=O)N1CCCCC1.CN(C[C@@H](N=C=O)C(C)(C)C)S(=O)(=O)N1CCCCC1.Cl. The van der Waals surface area contributed by atoms with Gasteiger partial charge in [0.1, 0.15) is 0 Å². The van der Waals surface area contributed by atoms with Crippen molar-refractivity contribution in [2.24, 2.45) is 21.6 Å². The zero-order chi connectivity index (χ0) is 29.4. The second-order valence-electron chi connectivity index (χ2n) is 12.6. The molecule has 0 amide bonds. The summed E-state index contributed by atoms with van der Waals surface area (Å²) in [5, 5.41) is 0. The lowest BCUT2D eigenvalue weighted by atomic mass is 9.87. The predicted octanol–water partition coefficient (Wildman–Crippen LogP) is 2.84. The van der Waals surface area contributed by atoms with E-state index in [4.69, 9.17) is 5.73 Å². The van der Waals surface area contributed by atoms with Crippen LogP contribution in [0.3, 0.4) is 0 Å². The molecule has 0 saturated carbocycles. The number of nitrogens with zero attached hydrogens (tertiary/aromatic N) is 5. The van der Waals surface area contributed by atoms with E-state index in [1.807, 2.05) is 41.5 Å². The fraction of sp³-hybridized carbons (Fsp3) is 0.960. The van der Waals surface area contributed by atoms with E-state index in [1.165, 1.54) is 12.9 Å². The first-order valence-corrected chi connectivity index (χ1v) is 16.4. The van der Waals surface area contributed by atoms with Gasteiger partial charge in [0.2, 0.25) is 6.08 Å². The lowest BCUT2D eigenvalue weighted by molar-refractivity contribution is 0.261. The molecule has 0 bridgehead atoms. The molecule has 2 aliphatic heterocycles. The van der Waals surface area contributed by atoms with Gasteiger partial charge in [-0.05, 0) is 36.5 Å². The number of likely N-dealkylation sites (N-methyl/N-ethyl adjacent to an activating group) is 2. The standard InChI is InChI=1S/C13H25N3O3S.C12H27N3O2S.ClH/c1-13(2,3)12(14-11-17)10-15(4)20(18,19)16-8-6-5-7-9-16;1-12(2,3)11(13)10-14(4)18(16,17)15-8-6-5-7-9-15;/h12H,5-10H2,1-4H3;11H,5-10,13H2,1-4H3;1H/t12-;11-;/m11./s1. The molecule has 2 heterocycles. The van der Waals surface area contributed by atoms with E-state index in [9.17, 15) is 21.6 Å². The molecule has 2 fully saturated rings. The molecule has 39 heavy (non-hydrogen) atoms. The summed E-state index contributed by atoms with van der Waals surface area (Å²) in [4.78, 5) is 14.3. The van der Waals surface area contributed by atoms with Crippen LogP contribution in [0, 0.1) is 10.8 Å². The lowest BCUT2D eigenvalue weighted by Gasteiger charge is -2.34. The highest BCUT2D eigenvalue weighted by atomic mass is 35.5. The lowest BCUT2D eigenvalue weighted by Crippen LogP contribution is -2.50. The quantitative estimate of drug-likeness (QED) is 0.312. The van der Waals surface area contributed by atoms with Crippen molar-refractivity contribution in [3.63, 3.8) is 0 Å². The third-order valence-electron chi connectivity index (χ3n) is 7.27. The van der Waals surface area contributed by atoms with Gasteiger partial charge in [-0.15, -0.1) is 12.4 Å². The van der Waals surface area contributed by atoms with Crippen LogP contribution in [0.5, 0.6) is 0 Å². The van der Waals surface area contributed by atoms with Gasteiger partial charge in [0, 0.05) is 59.4 Å². The van der Waals surface area contributed by atoms with E-state index in [0.29, 0.717) is 32.7 Å². The van der Waals surface area contributed by atoms with Crippen molar-refractivity contribution < 1.29 is 21.6 Å². The molecular weight excluding hydrogens is 564 g/mol. The van der Waals surface area contributed by atoms with Crippen molar-refractivity contribution in [2.45, 2.75) is 92.2 Å². The Balaban J connectivity index is 0.000000726. The Labute approximate surface area is 244 Å². The molecule has 2 rings (SSSR count). The summed E-state index contributed by atoms with van der Waals surface area (Å²) >= 11 is 0. The van der Waals surface area contributed by atoms with Gasteiger partial charge < -0.3 is 5.73 Å². The zero-order valence-electron chi connectivity index (χ0n) is 25.2. The van der Waals surface area contributed by atoms with Crippen LogP contribution in [0.2, 0.25) is 0 Å². The van der Waals surface area contributed by atoms with E-state index in [1.54, 1.807) is 24.5 Å². The Bertz CT molecular complexity index is 979. The molecule has 0 spiro atoms. The summed E-state index contributed by atoms with van der Waals surface area (Å²) in [6.07, 6.45) is 7.48. The van der Waals surface area contributed by atoms with Gasteiger partial charge in [-0.1, -0.05) is 54.4 Å². The number of aliphatic imine (C=N–C) groups is 1. The van der Waals surface area contributed by atoms with Crippen molar-refractivity contribution in [3.8, 4) is 0 Å². The second kappa shape index (κ2) is 16.1. The number of rotatable bonds is 9. The van der Waals surface area contributed by atoms with Crippen LogP contribution in [0.4, 0.5) is 0 Å². The van der Waals surface area contributed by atoms with Crippen LogP contribution in [0.25, 0.3) is 0 Å². The minimum atomic E-state index is -3.46. The van der Waals surface area contributed by atoms with Gasteiger partial charge in [-0.3, -0.25) is 0 Å². The van der Waals surface area contributed by atoms with Crippen LogP contribution >= 0.6 is 12.4 Å². The Morgan fingerprint density at radius 3 is 1.41 bits per heavy atom. The molecule has 2 saturated heterocycles. The number of hydrogen-bond donors (Lipinski definition) is 1. The van der Waals surface area contributed by atoms with Crippen LogP contribution in [0.15, 0.2) is 4.99 Å². The maximum absolute atomic E-state index is 12.5. The fourth-order valence-corrected chi connectivity index (χ4v) is 7.05.